The summed E-state index contributed by atoms with van der Waals surface area (Å²) >= 11 is 0.804. The maximum Gasteiger partial charge on any atom is 0.428 e. The molecule has 22 heavy (non-hydrogen) atoms. The van der Waals surface area contributed by atoms with Crippen LogP contribution >= 0.6 is 11.8 Å². The number of hydrogen-bond donors (Lipinski definition) is 1. The van der Waals surface area contributed by atoms with Crippen molar-refractivity contribution in [3.8, 4) is 0 Å². The van der Waals surface area contributed by atoms with E-state index in [0.717, 1.165) is 11.8 Å². The molecule has 1 saturated heterocycles. The maximum absolute atomic E-state index is 12.0. The van der Waals surface area contributed by atoms with Crippen molar-refractivity contribution in [2.24, 2.45) is 5.10 Å². The van der Waals surface area contributed by atoms with E-state index in [-0.39, 0.29) is 16.6 Å². The molecule has 0 aromatic rings. The topological polar surface area (TPSA) is 111 Å². The Kier molecular flexibility index (Phi) is 5.75. The molecule has 0 aliphatic carbocycles. The van der Waals surface area contributed by atoms with Gasteiger partial charge in [0.2, 0.25) is 0 Å². The molecule has 1 aliphatic rings. The predicted molar refractivity (Wildman–Crippen MR) is 79.4 cm³/mol. The molecule has 0 aromatic heterocycles. The highest BCUT2D eigenvalue weighted by Crippen LogP contribution is 2.30. The van der Waals surface area contributed by atoms with E-state index >= 15 is 0 Å². The van der Waals surface area contributed by atoms with E-state index in [2.05, 4.69) is 17.1 Å². The predicted octanol–water partition coefficient (Wildman–Crippen LogP) is 0.177. The normalized spacial score (nSPS) is 18.7. The molecule has 120 valence electrons. The smallest absolute Gasteiger partial charge is 0.428 e. The number of hydrogen-bond acceptors (Lipinski definition) is 7. The highest BCUT2D eigenvalue weighted by atomic mass is 32.2. The lowest BCUT2D eigenvalue weighted by atomic mass is 10.2. The third kappa shape index (κ3) is 5.24. The van der Waals surface area contributed by atoms with Crippen molar-refractivity contribution < 1.29 is 24.2 Å². The van der Waals surface area contributed by atoms with Crippen LogP contribution in [0.5, 0.6) is 0 Å². The van der Waals surface area contributed by atoms with Crippen molar-refractivity contribution in [1.82, 2.24) is 10.3 Å². The fourth-order valence-corrected chi connectivity index (χ4v) is 2.29. The number of aliphatic carboxylic acids is 1. The summed E-state index contributed by atoms with van der Waals surface area (Å²) in [6.45, 7) is 8.70. The molecule has 2 amide bonds. The first kappa shape index (κ1) is 17.8. The Morgan fingerprint density at radius 3 is 2.64 bits per heavy atom. The van der Waals surface area contributed by atoms with Crippen LogP contribution in [0.2, 0.25) is 0 Å². The average Bonchev–Trinajstić information content (AvgIpc) is 2.63. The van der Waals surface area contributed by atoms with E-state index in [1.54, 1.807) is 20.8 Å². The summed E-state index contributed by atoms with van der Waals surface area (Å²) < 4.78 is 5.00. The van der Waals surface area contributed by atoms with Gasteiger partial charge in [-0.25, -0.2) is 10.2 Å². The quantitative estimate of drug-likeness (QED) is 0.448. The van der Waals surface area contributed by atoms with Crippen molar-refractivity contribution in [1.29, 1.82) is 0 Å². The van der Waals surface area contributed by atoms with Crippen LogP contribution in [0.3, 0.4) is 0 Å². The number of carboxylic acid groups (broad SMARTS) is 1. The summed E-state index contributed by atoms with van der Waals surface area (Å²) in [6.07, 6.45) is 1.34. The number of amides is 2. The second-order valence-electron chi connectivity index (χ2n) is 5.14. The largest absolute Gasteiger partial charge is 0.545 e. The van der Waals surface area contributed by atoms with Crippen LogP contribution in [-0.2, 0) is 14.3 Å². The monoisotopic (exact) mass is 326 g/mol. The Morgan fingerprint density at radius 2 is 2.14 bits per heavy atom. The molecule has 0 unspecified atom stereocenters. The Morgan fingerprint density at radius 1 is 1.50 bits per heavy atom. The number of thioether (sulfide) groups is 1. The summed E-state index contributed by atoms with van der Waals surface area (Å²) in [4.78, 5) is 35.2. The van der Waals surface area contributed by atoms with E-state index in [0.29, 0.717) is 6.08 Å². The van der Waals surface area contributed by atoms with Crippen molar-refractivity contribution in [2.45, 2.75) is 26.4 Å². The molecule has 1 aliphatic heterocycles. The molecule has 1 rings (SSSR count). The number of carbonyl (C=O) groups excluding carboxylic acids is 3. The molecule has 8 nitrogen and oxygen atoms in total. The Labute approximate surface area is 131 Å². The van der Waals surface area contributed by atoms with Crippen LogP contribution in [0.25, 0.3) is 0 Å². The van der Waals surface area contributed by atoms with E-state index in [9.17, 15) is 19.5 Å². The van der Waals surface area contributed by atoms with Crippen molar-refractivity contribution in [2.75, 3.05) is 6.54 Å². The first-order chi connectivity index (χ1) is 10.1. The highest BCUT2D eigenvalue weighted by molar-refractivity contribution is 8.18. The van der Waals surface area contributed by atoms with Gasteiger partial charge in [0.1, 0.15) is 5.60 Å². The van der Waals surface area contributed by atoms with Crippen LogP contribution in [0.4, 0.5) is 4.79 Å². The number of nitrogens with one attached hydrogen (secondary N) is 1. The van der Waals surface area contributed by atoms with E-state index < -0.39 is 23.6 Å². The first-order valence-corrected chi connectivity index (χ1v) is 7.05. The fraction of sp³-hybridized carbons (Fsp3) is 0.385. The van der Waals surface area contributed by atoms with Crippen molar-refractivity contribution in [3.05, 3.63) is 23.6 Å². The van der Waals surface area contributed by atoms with Gasteiger partial charge >= 0.3 is 6.09 Å². The Bertz CT molecular complexity index is 563. The molecule has 0 saturated carbocycles. The van der Waals surface area contributed by atoms with Gasteiger partial charge in [-0.2, -0.15) is 0 Å². The van der Waals surface area contributed by atoms with Gasteiger partial charge in [0.05, 0.1) is 10.9 Å². The minimum absolute atomic E-state index is 0.0633. The van der Waals surface area contributed by atoms with Gasteiger partial charge in [0.25, 0.3) is 5.91 Å². The minimum Gasteiger partial charge on any atom is -0.545 e. The van der Waals surface area contributed by atoms with Gasteiger partial charge < -0.3 is 14.6 Å². The van der Waals surface area contributed by atoms with E-state index in [1.165, 1.54) is 11.0 Å². The zero-order valence-electron chi connectivity index (χ0n) is 12.4. The second kappa shape index (κ2) is 7.12. The number of ether oxygens (including phenoxy) is 1. The van der Waals surface area contributed by atoms with Gasteiger partial charge in [-0.3, -0.25) is 9.69 Å². The number of nitrogens with zero attached hydrogens (tertiary/aromatic N) is 2. The third-order valence-corrected chi connectivity index (χ3v) is 3.10. The molecular weight excluding hydrogens is 310 g/mol. The number of amidine groups is 1. The average molecular weight is 326 g/mol. The standard InChI is InChI=1S/C13H17N3O5S/c1-5-6-16-10(19)8(7-9(17)18)22-11(16)14-15-12(20)21-13(2,3)4/h5,7H,1,6H2,2-4H3,(H,15,20)(H,17,18)/p-1/b8-7-,14-11+. The van der Waals surface area contributed by atoms with Crippen LogP contribution in [0, 0.1) is 0 Å². The molecule has 0 radical (unpaired) electrons. The van der Waals surface area contributed by atoms with Crippen molar-refractivity contribution in [3.63, 3.8) is 0 Å². The van der Waals surface area contributed by atoms with E-state index in [1.807, 2.05) is 0 Å². The molecule has 0 atom stereocenters. The number of carboxylic acids is 1. The molecular formula is C13H16N3O5S-. The Hall–Kier alpha value is -2.29. The number of carbonyl (C=O) groups is 3. The summed E-state index contributed by atoms with van der Waals surface area (Å²) in [5.41, 5.74) is 1.46. The first-order valence-electron chi connectivity index (χ1n) is 6.24. The lowest BCUT2D eigenvalue weighted by molar-refractivity contribution is -0.297. The molecule has 9 heteroatoms. The van der Waals surface area contributed by atoms with Crippen LogP contribution in [0.15, 0.2) is 28.7 Å². The van der Waals surface area contributed by atoms with Crippen LogP contribution in [0.1, 0.15) is 20.8 Å². The van der Waals surface area contributed by atoms with Gasteiger partial charge in [-0.05, 0) is 38.6 Å². The lowest BCUT2D eigenvalue weighted by Gasteiger charge is -2.19. The molecule has 0 bridgehead atoms. The second-order valence-corrected chi connectivity index (χ2v) is 6.15. The van der Waals surface area contributed by atoms with Crippen LogP contribution < -0.4 is 10.5 Å². The molecule has 0 spiro atoms. The summed E-state index contributed by atoms with van der Waals surface area (Å²) in [6, 6.07) is 0. The van der Waals surface area contributed by atoms with Gasteiger partial charge in [0, 0.05) is 6.54 Å². The SMILES string of the molecule is C=CCN1C(=O)/C(=C/C(=O)[O-])S/C1=N/NC(=O)OC(C)(C)C. The maximum atomic E-state index is 12.0. The van der Waals surface area contributed by atoms with Crippen LogP contribution in [-0.4, -0.2) is 40.2 Å². The number of hydrazone groups is 1. The zero-order valence-corrected chi connectivity index (χ0v) is 13.2. The number of rotatable bonds is 4. The molecule has 1 N–H and O–H groups in total. The van der Waals surface area contributed by atoms with Gasteiger partial charge in [0.15, 0.2) is 5.17 Å². The van der Waals surface area contributed by atoms with E-state index in [4.69, 9.17) is 4.74 Å². The highest BCUT2D eigenvalue weighted by Gasteiger charge is 2.33. The van der Waals surface area contributed by atoms with Crippen molar-refractivity contribution >= 4 is 34.9 Å². The Balaban J connectivity index is 2.89. The third-order valence-electron chi connectivity index (χ3n) is 2.09. The fourth-order valence-electron chi connectivity index (χ4n) is 1.38. The molecule has 1 heterocycles. The summed E-state index contributed by atoms with van der Waals surface area (Å²) in [5, 5.41) is 14.5. The van der Waals surface area contributed by atoms with Gasteiger partial charge in [-0.1, -0.05) is 6.08 Å². The summed E-state index contributed by atoms with van der Waals surface area (Å²) in [7, 11) is 0. The molecule has 1 fully saturated rings. The zero-order chi connectivity index (χ0) is 16.9. The minimum atomic E-state index is -1.49. The van der Waals surface area contributed by atoms with Gasteiger partial charge in [-0.15, -0.1) is 11.7 Å². The molecule has 0 aromatic carbocycles. The lowest BCUT2D eigenvalue weighted by Crippen LogP contribution is -2.34. The summed E-state index contributed by atoms with van der Waals surface area (Å²) in [5.74, 6) is -2.05.